The number of nitrogens with one attached hydrogen (secondary N) is 1. The third kappa shape index (κ3) is 7.31. The zero-order valence-corrected chi connectivity index (χ0v) is 22.8. The van der Waals surface area contributed by atoms with Gasteiger partial charge in [-0.15, -0.1) is 0 Å². The standard InChI is InChI=1S/C25H27Cl2NO5.Na/c1-32-16-25(12-14-33-15-13-25)18-10-8-17(9-11-18)4-2-7-21(24(30)31)28-23(29)22-19(26)5-3-6-20(22)27;/h2-6,8-11,21H,7,12-16H2,1H3,(H,28,29)(H,30,31);/q;+1/p-1/b4-2+;. The van der Waals surface area contributed by atoms with Crippen LogP contribution in [0.5, 0.6) is 0 Å². The van der Waals surface area contributed by atoms with Crippen LogP contribution in [-0.4, -0.2) is 44.8 Å². The van der Waals surface area contributed by atoms with Crippen molar-refractivity contribution >= 4 is 41.2 Å². The van der Waals surface area contributed by atoms with Gasteiger partial charge in [-0.3, -0.25) is 4.79 Å². The van der Waals surface area contributed by atoms with Crippen LogP contribution in [0.1, 0.15) is 40.7 Å². The Balaban J connectivity index is 0.00000408. The first-order chi connectivity index (χ1) is 15.9. The summed E-state index contributed by atoms with van der Waals surface area (Å²) in [5.74, 6) is -2.06. The van der Waals surface area contributed by atoms with Gasteiger partial charge in [-0.25, -0.2) is 0 Å². The number of carbonyl (C=O) groups excluding carboxylic acids is 2. The van der Waals surface area contributed by atoms with E-state index in [-0.39, 0.29) is 57.0 Å². The Hall–Kier alpha value is -1.38. The van der Waals surface area contributed by atoms with Crippen LogP contribution in [0.4, 0.5) is 0 Å². The number of ether oxygens (including phenoxy) is 2. The van der Waals surface area contributed by atoms with Crippen LogP contribution in [0.2, 0.25) is 10.0 Å². The smallest absolute Gasteiger partial charge is 0.548 e. The second-order valence-electron chi connectivity index (χ2n) is 8.03. The number of halogens is 2. The average molecular weight is 514 g/mol. The van der Waals surface area contributed by atoms with Gasteiger partial charge in [0, 0.05) is 25.7 Å². The molecular formula is C25H26Cl2NNaO5. The number of carboxylic acid groups (broad SMARTS) is 1. The van der Waals surface area contributed by atoms with E-state index < -0.39 is 17.9 Å². The molecule has 2 aromatic carbocycles. The summed E-state index contributed by atoms with van der Waals surface area (Å²) < 4.78 is 11.0. The molecule has 1 amide bonds. The number of methoxy groups -OCH3 is 1. The van der Waals surface area contributed by atoms with E-state index in [9.17, 15) is 14.7 Å². The van der Waals surface area contributed by atoms with E-state index >= 15 is 0 Å². The van der Waals surface area contributed by atoms with Gasteiger partial charge in [-0.1, -0.05) is 65.7 Å². The third-order valence-electron chi connectivity index (χ3n) is 5.86. The van der Waals surface area contributed by atoms with Crippen LogP contribution in [0.25, 0.3) is 6.08 Å². The Kier molecular flexibility index (Phi) is 11.6. The zero-order chi connectivity index (χ0) is 23.8. The molecule has 1 aliphatic heterocycles. The van der Waals surface area contributed by atoms with Crippen LogP contribution in [0, 0.1) is 0 Å². The van der Waals surface area contributed by atoms with Crippen molar-refractivity contribution in [1.82, 2.24) is 5.32 Å². The van der Waals surface area contributed by atoms with Gasteiger partial charge in [-0.05, 0) is 42.5 Å². The van der Waals surface area contributed by atoms with E-state index in [2.05, 4.69) is 17.4 Å². The van der Waals surface area contributed by atoms with Crippen molar-refractivity contribution in [1.29, 1.82) is 0 Å². The molecule has 0 aliphatic carbocycles. The normalized spacial score (nSPS) is 16.0. The minimum absolute atomic E-state index is 0. The predicted octanol–water partition coefficient (Wildman–Crippen LogP) is 0.644. The molecule has 0 bridgehead atoms. The number of rotatable bonds is 9. The predicted molar refractivity (Wildman–Crippen MR) is 126 cm³/mol. The maximum absolute atomic E-state index is 12.5. The van der Waals surface area contributed by atoms with Crippen molar-refractivity contribution < 1.29 is 53.7 Å². The fraction of sp³-hybridized carbons (Fsp3) is 0.360. The maximum atomic E-state index is 12.5. The first-order valence-electron chi connectivity index (χ1n) is 10.7. The summed E-state index contributed by atoms with van der Waals surface area (Å²) in [4.78, 5) is 24.0. The summed E-state index contributed by atoms with van der Waals surface area (Å²) in [5.41, 5.74) is 2.08. The van der Waals surface area contributed by atoms with E-state index in [0.29, 0.717) is 19.8 Å². The summed E-state index contributed by atoms with van der Waals surface area (Å²) in [5, 5.41) is 14.3. The van der Waals surface area contributed by atoms with Crippen LogP contribution in [0.15, 0.2) is 48.5 Å². The molecule has 0 spiro atoms. The molecule has 0 saturated carbocycles. The van der Waals surface area contributed by atoms with E-state index in [1.165, 1.54) is 17.7 Å². The van der Waals surface area contributed by atoms with E-state index in [4.69, 9.17) is 32.7 Å². The molecule has 1 fully saturated rings. The second kappa shape index (κ2) is 13.6. The van der Waals surface area contributed by atoms with Crippen molar-refractivity contribution in [3.63, 3.8) is 0 Å². The van der Waals surface area contributed by atoms with Crippen molar-refractivity contribution in [2.45, 2.75) is 30.7 Å². The van der Waals surface area contributed by atoms with Crippen molar-refractivity contribution in [3.8, 4) is 0 Å². The molecule has 1 atom stereocenters. The van der Waals surface area contributed by atoms with Crippen LogP contribution in [0.3, 0.4) is 0 Å². The molecule has 176 valence electrons. The van der Waals surface area contributed by atoms with Crippen LogP contribution >= 0.6 is 23.2 Å². The van der Waals surface area contributed by atoms with Gasteiger partial charge >= 0.3 is 29.6 Å². The van der Waals surface area contributed by atoms with Gasteiger partial charge in [0.2, 0.25) is 0 Å². The molecule has 3 rings (SSSR count). The molecule has 1 heterocycles. The van der Waals surface area contributed by atoms with E-state index in [0.717, 1.165) is 18.4 Å². The number of carboxylic acids is 1. The van der Waals surface area contributed by atoms with Crippen LogP contribution < -0.4 is 40.0 Å². The molecule has 2 aromatic rings. The third-order valence-corrected chi connectivity index (χ3v) is 6.49. The Morgan fingerprint density at radius 3 is 2.32 bits per heavy atom. The fourth-order valence-corrected chi connectivity index (χ4v) is 4.57. The van der Waals surface area contributed by atoms with Crippen molar-refractivity contribution in [2.75, 3.05) is 26.9 Å². The van der Waals surface area contributed by atoms with Gasteiger partial charge < -0.3 is 24.7 Å². The summed E-state index contributed by atoms with van der Waals surface area (Å²) in [6.07, 6.45) is 5.34. The Morgan fingerprint density at radius 2 is 1.76 bits per heavy atom. The molecule has 0 radical (unpaired) electrons. The number of amides is 1. The SMILES string of the molecule is COCC1(c2ccc(/C=C/CC(NC(=O)c3c(Cl)cccc3Cl)C(=O)[O-])cc2)CCOCC1.[Na+]. The second-order valence-corrected chi connectivity index (χ2v) is 8.84. The molecule has 34 heavy (non-hydrogen) atoms. The molecule has 1 N–H and O–H groups in total. The molecule has 9 heteroatoms. The molecule has 1 saturated heterocycles. The van der Waals surface area contributed by atoms with Crippen molar-refractivity contribution in [3.05, 3.63) is 75.3 Å². The molecular weight excluding hydrogens is 488 g/mol. The molecule has 1 unspecified atom stereocenters. The molecule has 1 aliphatic rings. The van der Waals surface area contributed by atoms with Gasteiger partial charge in [0.05, 0.1) is 34.2 Å². The fourth-order valence-electron chi connectivity index (χ4n) is 4.00. The van der Waals surface area contributed by atoms with Crippen LogP contribution in [-0.2, 0) is 19.7 Å². The topological polar surface area (TPSA) is 87.7 Å². The molecule has 6 nitrogen and oxygen atoms in total. The Morgan fingerprint density at radius 1 is 1.15 bits per heavy atom. The Labute approximate surface area is 231 Å². The number of aliphatic carboxylic acids is 1. The monoisotopic (exact) mass is 513 g/mol. The average Bonchev–Trinajstić information content (AvgIpc) is 2.79. The van der Waals surface area contributed by atoms with E-state index in [1.807, 2.05) is 12.1 Å². The van der Waals surface area contributed by atoms with Gasteiger partial charge in [-0.2, -0.15) is 0 Å². The number of hydrogen-bond donors (Lipinski definition) is 1. The number of carbonyl (C=O) groups is 2. The largest absolute Gasteiger partial charge is 1.00 e. The maximum Gasteiger partial charge on any atom is 1.00 e. The summed E-state index contributed by atoms with van der Waals surface area (Å²) >= 11 is 12.1. The van der Waals surface area contributed by atoms with Gasteiger partial charge in [0.25, 0.3) is 5.91 Å². The number of hydrogen-bond acceptors (Lipinski definition) is 5. The number of benzene rings is 2. The summed E-state index contributed by atoms with van der Waals surface area (Å²) in [7, 11) is 1.71. The van der Waals surface area contributed by atoms with Gasteiger partial charge in [0.1, 0.15) is 0 Å². The quantitative estimate of drug-likeness (QED) is 0.497. The summed E-state index contributed by atoms with van der Waals surface area (Å²) in [6, 6.07) is 11.5. The summed E-state index contributed by atoms with van der Waals surface area (Å²) in [6.45, 7) is 2.05. The van der Waals surface area contributed by atoms with E-state index in [1.54, 1.807) is 25.3 Å². The zero-order valence-electron chi connectivity index (χ0n) is 19.3. The molecule has 0 aromatic heterocycles. The van der Waals surface area contributed by atoms with Crippen molar-refractivity contribution in [2.24, 2.45) is 0 Å². The Bertz CT molecular complexity index is 981. The first kappa shape index (κ1) is 28.9. The minimum atomic E-state index is -1.40. The van der Waals surface area contributed by atoms with Gasteiger partial charge in [0.15, 0.2) is 0 Å². The first-order valence-corrected chi connectivity index (χ1v) is 11.4. The minimum Gasteiger partial charge on any atom is -0.548 e.